The Morgan fingerprint density at radius 3 is 2.64 bits per heavy atom. The van der Waals surface area contributed by atoms with E-state index in [1.165, 1.54) is 28.7 Å². The second-order valence-corrected chi connectivity index (χ2v) is 10.8. The lowest BCUT2D eigenvalue weighted by atomic mass is 9.86. The molecule has 0 unspecified atom stereocenters. The summed E-state index contributed by atoms with van der Waals surface area (Å²) in [5.41, 5.74) is 1.17. The Bertz CT molecular complexity index is 895. The molecule has 0 atom stereocenters. The van der Waals surface area contributed by atoms with E-state index >= 15 is 0 Å². The van der Waals surface area contributed by atoms with Gasteiger partial charge in [0, 0.05) is 12.6 Å². The predicted octanol–water partition coefficient (Wildman–Crippen LogP) is 5.76. The molecular formula is C24H33N3O4S2. The highest BCUT2D eigenvalue weighted by Gasteiger charge is 2.28. The average Bonchev–Trinajstić information content (AvgIpc) is 3.25. The van der Waals surface area contributed by atoms with E-state index in [2.05, 4.69) is 36.3 Å². The van der Waals surface area contributed by atoms with Crippen molar-refractivity contribution in [3.8, 4) is 5.75 Å². The van der Waals surface area contributed by atoms with Crippen molar-refractivity contribution in [2.75, 3.05) is 24.2 Å². The van der Waals surface area contributed by atoms with Gasteiger partial charge in [-0.3, -0.25) is 10.1 Å². The lowest BCUT2D eigenvalue weighted by molar-refractivity contribution is -0.133. The third kappa shape index (κ3) is 8.23. The molecule has 1 heterocycles. The standard InChI is InChI=1S/C24H33N3O4S2/c1-3-14-31-20-10-6-18(7-11-20)12-13-27(19-8-4-17(2)5-9-19)24(30)26-23-25-15-22(33-23)32-16-21(28)29/h6-7,10-11,15,17,19H,3-5,8-9,12-14,16H2,1-2H3,(H,28,29)(H,25,26,30). The number of urea groups is 1. The zero-order valence-corrected chi connectivity index (χ0v) is 20.9. The van der Waals surface area contributed by atoms with Crippen LogP contribution in [0.5, 0.6) is 5.75 Å². The van der Waals surface area contributed by atoms with Crippen molar-refractivity contribution in [2.45, 2.75) is 62.6 Å². The molecule has 1 saturated carbocycles. The van der Waals surface area contributed by atoms with Crippen molar-refractivity contribution in [1.82, 2.24) is 9.88 Å². The van der Waals surface area contributed by atoms with Crippen LogP contribution in [0.3, 0.4) is 0 Å². The van der Waals surface area contributed by atoms with Crippen molar-refractivity contribution < 1.29 is 19.4 Å². The Labute approximate surface area is 203 Å². The number of benzene rings is 1. The number of rotatable bonds is 11. The molecular weight excluding hydrogens is 458 g/mol. The van der Waals surface area contributed by atoms with Crippen molar-refractivity contribution in [1.29, 1.82) is 0 Å². The summed E-state index contributed by atoms with van der Waals surface area (Å²) in [4.78, 5) is 30.2. The van der Waals surface area contributed by atoms with Gasteiger partial charge in [-0.2, -0.15) is 0 Å². The fraction of sp³-hybridized carbons (Fsp3) is 0.542. The summed E-state index contributed by atoms with van der Waals surface area (Å²) in [6.45, 7) is 5.70. The van der Waals surface area contributed by atoms with Crippen molar-refractivity contribution >= 4 is 40.2 Å². The fourth-order valence-corrected chi connectivity index (χ4v) is 5.49. The zero-order valence-electron chi connectivity index (χ0n) is 19.3. The summed E-state index contributed by atoms with van der Waals surface area (Å²) >= 11 is 2.51. The van der Waals surface area contributed by atoms with Crippen LogP contribution >= 0.6 is 23.1 Å². The molecule has 7 nitrogen and oxygen atoms in total. The predicted molar refractivity (Wildman–Crippen MR) is 134 cm³/mol. The second kappa shape index (κ2) is 12.8. The number of anilines is 1. The summed E-state index contributed by atoms with van der Waals surface area (Å²) in [5, 5.41) is 12.3. The van der Waals surface area contributed by atoms with Crippen LogP contribution in [-0.4, -0.2) is 51.9 Å². The van der Waals surface area contributed by atoms with Gasteiger partial charge in [-0.25, -0.2) is 9.78 Å². The molecule has 2 amide bonds. The van der Waals surface area contributed by atoms with E-state index < -0.39 is 5.97 Å². The average molecular weight is 492 g/mol. The molecule has 9 heteroatoms. The van der Waals surface area contributed by atoms with Gasteiger partial charge in [-0.05, 0) is 62.1 Å². The Balaban J connectivity index is 1.62. The van der Waals surface area contributed by atoms with Crippen LogP contribution in [0.2, 0.25) is 0 Å². The molecule has 180 valence electrons. The van der Waals surface area contributed by atoms with Crippen LogP contribution in [0.1, 0.15) is 51.5 Å². The molecule has 1 fully saturated rings. The van der Waals surface area contributed by atoms with Crippen molar-refractivity contribution in [3.63, 3.8) is 0 Å². The maximum Gasteiger partial charge on any atom is 0.323 e. The maximum atomic E-state index is 13.2. The number of carbonyl (C=O) groups excluding carboxylic acids is 1. The van der Waals surface area contributed by atoms with Crippen LogP contribution in [0, 0.1) is 5.92 Å². The number of thioether (sulfide) groups is 1. The van der Waals surface area contributed by atoms with Crippen molar-refractivity contribution in [2.24, 2.45) is 5.92 Å². The highest BCUT2D eigenvalue weighted by Crippen LogP contribution is 2.30. The molecule has 0 radical (unpaired) electrons. The topological polar surface area (TPSA) is 91.8 Å². The molecule has 3 rings (SSSR count). The molecule has 0 aliphatic heterocycles. The number of ether oxygens (including phenoxy) is 1. The smallest absolute Gasteiger partial charge is 0.323 e. The van der Waals surface area contributed by atoms with E-state index in [1.807, 2.05) is 17.0 Å². The SMILES string of the molecule is CCCOc1ccc(CCN(C(=O)Nc2ncc(SCC(=O)O)s2)C2CCC(C)CC2)cc1. The van der Waals surface area contributed by atoms with Crippen LogP contribution < -0.4 is 10.1 Å². The third-order valence-corrected chi connectivity index (χ3v) is 7.85. The largest absolute Gasteiger partial charge is 0.494 e. The number of amides is 2. The third-order valence-electron chi connectivity index (χ3n) is 5.76. The van der Waals surface area contributed by atoms with Gasteiger partial charge in [0.25, 0.3) is 0 Å². The number of thiazole rings is 1. The van der Waals surface area contributed by atoms with E-state index in [4.69, 9.17) is 9.84 Å². The lowest BCUT2D eigenvalue weighted by Gasteiger charge is -2.36. The molecule has 0 bridgehead atoms. The van der Waals surface area contributed by atoms with Crippen LogP contribution in [0.15, 0.2) is 34.7 Å². The van der Waals surface area contributed by atoms with Crippen LogP contribution in [0.25, 0.3) is 0 Å². The molecule has 1 aromatic carbocycles. The minimum atomic E-state index is -0.873. The fourth-order valence-electron chi connectivity index (χ4n) is 3.91. The summed E-state index contributed by atoms with van der Waals surface area (Å²) in [7, 11) is 0. The van der Waals surface area contributed by atoms with Gasteiger partial charge >= 0.3 is 12.0 Å². The Morgan fingerprint density at radius 2 is 1.97 bits per heavy atom. The molecule has 1 aliphatic carbocycles. The monoisotopic (exact) mass is 491 g/mol. The molecule has 33 heavy (non-hydrogen) atoms. The summed E-state index contributed by atoms with van der Waals surface area (Å²) < 4.78 is 6.44. The number of aliphatic carboxylic acids is 1. The van der Waals surface area contributed by atoms with E-state index in [1.54, 1.807) is 6.20 Å². The van der Waals surface area contributed by atoms with Gasteiger partial charge in [-0.1, -0.05) is 37.3 Å². The highest BCUT2D eigenvalue weighted by atomic mass is 32.2. The van der Waals surface area contributed by atoms with Crippen LogP contribution in [0.4, 0.5) is 9.93 Å². The molecule has 2 aromatic rings. The van der Waals surface area contributed by atoms with Crippen molar-refractivity contribution in [3.05, 3.63) is 36.0 Å². The number of nitrogens with zero attached hydrogens (tertiary/aromatic N) is 2. The van der Waals surface area contributed by atoms with E-state index in [0.717, 1.165) is 48.5 Å². The van der Waals surface area contributed by atoms with Gasteiger partial charge < -0.3 is 14.7 Å². The molecule has 1 aliphatic rings. The number of carboxylic acid groups (broad SMARTS) is 1. The van der Waals surface area contributed by atoms with E-state index in [0.29, 0.717) is 24.2 Å². The normalized spacial score (nSPS) is 18.0. The van der Waals surface area contributed by atoms with Gasteiger partial charge in [0.2, 0.25) is 0 Å². The number of aromatic nitrogens is 1. The number of carbonyl (C=O) groups is 2. The summed E-state index contributed by atoms with van der Waals surface area (Å²) in [6, 6.07) is 8.19. The first-order chi connectivity index (χ1) is 15.9. The minimum Gasteiger partial charge on any atom is -0.494 e. The number of nitrogens with one attached hydrogen (secondary N) is 1. The van der Waals surface area contributed by atoms with Gasteiger partial charge in [0.05, 0.1) is 22.8 Å². The number of hydrogen-bond donors (Lipinski definition) is 2. The number of hydrogen-bond acceptors (Lipinski definition) is 6. The Hall–Kier alpha value is -2.26. The first-order valence-corrected chi connectivity index (χ1v) is 13.3. The number of carboxylic acids is 1. The van der Waals surface area contributed by atoms with Crippen LogP contribution in [-0.2, 0) is 11.2 Å². The Morgan fingerprint density at radius 1 is 1.24 bits per heavy atom. The van der Waals surface area contributed by atoms with E-state index in [9.17, 15) is 9.59 Å². The molecule has 2 N–H and O–H groups in total. The first kappa shape index (κ1) is 25.4. The molecule has 1 aromatic heterocycles. The van der Waals surface area contributed by atoms with Gasteiger partial charge in [0.1, 0.15) is 5.75 Å². The minimum absolute atomic E-state index is 0.0236. The lowest BCUT2D eigenvalue weighted by Crippen LogP contribution is -2.45. The van der Waals surface area contributed by atoms with Gasteiger partial charge in [-0.15, -0.1) is 11.8 Å². The summed E-state index contributed by atoms with van der Waals surface area (Å²) in [5.74, 6) is 0.678. The highest BCUT2D eigenvalue weighted by molar-refractivity contribution is 8.01. The molecule has 0 spiro atoms. The van der Waals surface area contributed by atoms with E-state index in [-0.39, 0.29) is 17.8 Å². The Kier molecular flexibility index (Phi) is 9.87. The summed E-state index contributed by atoms with van der Waals surface area (Å²) in [6.07, 6.45) is 7.64. The van der Waals surface area contributed by atoms with Gasteiger partial charge in [0.15, 0.2) is 5.13 Å². The zero-order chi connectivity index (χ0) is 23.6. The quantitative estimate of drug-likeness (QED) is 0.388. The maximum absolute atomic E-state index is 13.2. The second-order valence-electron chi connectivity index (χ2n) is 8.45. The molecule has 0 saturated heterocycles. The first-order valence-electron chi connectivity index (χ1n) is 11.5.